The van der Waals surface area contributed by atoms with Gasteiger partial charge in [-0.15, -0.1) is 0 Å². The van der Waals surface area contributed by atoms with Crippen molar-refractivity contribution in [2.45, 2.75) is 6.10 Å². The molecule has 15 heavy (non-hydrogen) atoms. The predicted molar refractivity (Wildman–Crippen MR) is 59.7 cm³/mol. The summed E-state index contributed by atoms with van der Waals surface area (Å²) in [5.41, 5.74) is 0.569. The molecule has 1 atom stereocenters. The van der Waals surface area contributed by atoms with E-state index < -0.39 is 12.1 Å². The average Bonchev–Trinajstić information content (AvgIpc) is 2.25. The van der Waals surface area contributed by atoms with Crippen molar-refractivity contribution in [1.82, 2.24) is 0 Å². The fourth-order valence-corrected chi connectivity index (χ4v) is 1.33. The summed E-state index contributed by atoms with van der Waals surface area (Å²) in [4.78, 5) is 11.0. The van der Waals surface area contributed by atoms with E-state index in [2.05, 4.69) is 15.9 Å². The molecule has 0 saturated carbocycles. The average molecular weight is 289 g/mol. The summed E-state index contributed by atoms with van der Waals surface area (Å²) < 4.78 is 4.88. The zero-order valence-electron chi connectivity index (χ0n) is 7.61. The van der Waals surface area contributed by atoms with Gasteiger partial charge in [0.1, 0.15) is 11.4 Å². The first-order chi connectivity index (χ1) is 7.17. The number of nitrogens with zero attached hydrogens (tertiary/aromatic N) is 1. The smallest absolute Gasteiger partial charge is 0.318 e. The lowest BCUT2D eigenvalue weighted by molar-refractivity contribution is -0.143. The third-order valence-electron chi connectivity index (χ3n) is 1.63. The third-order valence-corrected chi connectivity index (χ3v) is 2.32. The molecule has 0 heterocycles. The van der Waals surface area contributed by atoms with E-state index in [1.807, 2.05) is 6.07 Å². The molecule has 0 N–H and O–H groups in total. The molecular formula is C10H7BrClNO2. The lowest BCUT2D eigenvalue weighted by Gasteiger charge is -2.10. The molecule has 5 heteroatoms. The van der Waals surface area contributed by atoms with Crippen LogP contribution >= 0.6 is 27.5 Å². The molecule has 1 unspecified atom stereocenters. The number of hydrogen-bond acceptors (Lipinski definition) is 3. The first-order valence-corrected chi connectivity index (χ1v) is 5.58. The molecular weight excluding hydrogens is 281 g/mol. The predicted octanol–water partition coefficient (Wildman–Crippen LogP) is 2.84. The van der Waals surface area contributed by atoms with Crippen LogP contribution in [0.25, 0.3) is 0 Å². The molecule has 3 nitrogen and oxygen atoms in total. The van der Waals surface area contributed by atoms with E-state index in [1.54, 1.807) is 24.3 Å². The zero-order chi connectivity index (χ0) is 11.3. The molecule has 0 saturated heterocycles. The van der Waals surface area contributed by atoms with Crippen LogP contribution in [-0.2, 0) is 9.53 Å². The van der Waals surface area contributed by atoms with E-state index >= 15 is 0 Å². The minimum atomic E-state index is -0.909. The lowest BCUT2D eigenvalue weighted by atomic mass is 10.1. The van der Waals surface area contributed by atoms with Crippen molar-refractivity contribution in [1.29, 1.82) is 5.26 Å². The van der Waals surface area contributed by atoms with Gasteiger partial charge in [0.2, 0.25) is 6.10 Å². The highest BCUT2D eigenvalue weighted by molar-refractivity contribution is 9.09. The highest BCUT2D eigenvalue weighted by Gasteiger charge is 2.15. The minimum absolute atomic E-state index is 0.0613. The molecule has 0 aromatic heterocycles. The van der Waals surface area contributed by atoms with Gasteiger partial charge in [-0.3, -0.25) is 4.79 Å². The molecule has 0 spiro atoms. The van der Waals surface area contributed by atoms with E-state index in [0.717, 1.165) is 0 Å². The Morgan fingerprint density at radius 2 is 2.40 bits per heavy atom. The largest absolute Gasteiger partial charge is 0.441 e. The molecule has 1 rings (SSSR count). The number of benzene rings is 1. The summed E-state index contributed by atoms with van der Waals surface area (Å²) in [5, 5.41) is 9.39. The second-order valence-corrected chi connectivity index (χ2v) is 3.68. The number of halogens is 2. The van der Waals surface area contributed by atoms with Crippen LogP contribution in [0.2, 0.25) is 5.02 Å². The number of ether oxygens (including phenoxy) is 1. The first-order valence-electron chi connectivity index (χ1n) is 4.08. The van der Waals surface area contributed by atoms with Crippen molar-refractivity contribution in [3.8, 4) is 6.07 Å². The van der Waals surface area contributed by atoms with Gasteiger partial charge in [-0.25, -0.2) is 0 Å². The summed E-state index contributed by atoms with van der Waals surface area (Å²) in [5.74, 6) is -0.485. The van der Waals surface area contributed by atoms with Gasteiger partial charge in [0.05, 0.1) is 0 Å². The van der Waals surface area contributed by atoms with Gasteiger partial charge in [0.15, 0.2) is 0 Å². The molecule has 1 aromatic rings. The topological polar surface area (TPSA) is 50.1 Å². The fraction of sp³-hybridized carbons (Fsp3) is 0.200. The van der Waals surface area contributed by atoms with Crippen molar-refractivity contribution >= 4 is 33.5 Å². The van der Waals surface area contributed by atoms with Crippen LogP contribution in [0.4, 0.5) is 0 Å². The maximum absolute atomic E-state index is 11.0. The Morgan fingerprint density at radius 1 is 1.67 bits per heavy atom. The van der Waals surface area contributed by atoms with Crippen molar-refractivity contribution in [3.05, 3.63) is 34.9 Å². The van der Waals surface area contributed by atoms with Gasteiger partial charge in [0.25, 0.3) is 0 Å². The molecule has 0 amide bonds. The number of carbonyl (C=O) groups excluding carboxylic acids is 1. The molecule has 0 radical (unpaired) electrons. The zero-order valence-corrected chi connectivity index (χ0v) is 9.96. The summed E-state index contributed by atoms with van der Waals surface area (Å²) in [6.07, 6.45) is -0.909. The quantitative estimate of drug-likeness (QED) is 0.635. The Bertz CT molecular complexity index is 403. The van der Waals surface area contributed by atoms with Crippen LogP contribution in [0, 0.1) is 11.3 Å². The third kappa shape index (κ3) is 3.54. The number of rotatable bonds is 3. The summed E-state index contributed by atoms with van der Waals surface area (Å²) in [6, 6.07) is 8.55. The van der Waals surface area contributed by atoms with Crippen LogP contribution in [0.5, 0.6) is 0 Å². The number of hydrogen-bond donors (Lipinski definition) is 0. The molecule has 0 aliphatic heterocycles. The summed E-state index contributed by atoms with van der Waals surface area (Å²) >= 11 is 8.71. The van der Waals surface area contributed by atoms with E-state index in [4.69, 9.17) is 21.6 Å². The second-order valence-electron chi connectivity index (χ2n) is 2.69. The van der Waals surface area contributed by atoms with Crippen molar-refractivity contribution in [2.75, 3.05) is 5.33 Å². The maximum atomic E-state index is 11.0. The Morgan fingerprint density at radius 3 is 2.93 bits per heavy atom. The standard InChI is InChI=1S/C10H7BrClNO2/c11-5-10(14)15-9(6-13)7-2-1-3-8(12)4-7/h1-4,9H,5H2. The van der Waals surface area contributed by atoms with Crippen molar-refractivity contribution < 1.29 is 9.53 Å². The van der Waals surface area contributed by atoms with Gasteiger partial charge in [-0.1, -0.05) is 39.7 Å². The molecule has 0 bridgehead atoms. The molecule has 0 aliphatic carbocycles. The molecule has 78 valence electrons. The van der Waals surface area contributed by atoms with Gasteiger partial charge < -0.3 is 4.74 Å². The minimum Gasteiger partial charge on any atom is -0.441 e. The second kappa shape index (κ2) is 5.74. The van der Waals surface area contributed by atoms with Crippen LogP contribution in [0.3, 0.4) is 0 Å². The van der Waals surface area contributed by atoms with Gasteiger partial charge >= 0.3 is 5.97 Å². The number of alkyl halides is 1. The molecule has 0 fully saturated rings. The Balaban J connectivity index is 2.84. The van der Waals surface area contributed by atoms with Crippen LogP contribution in [0.15, 0.2) is 24.3 Å². The van der Waals surface area contributed by atoms with Gasteiger partial charge in [0, 0.05) is 10.6 Å². The number of carbonyl (C=O) groups is 1. The first kappa shape index (κ1) is 12.0. The SMILES string of the molecule is N#CC(OC(=O)CBr)c1cccc(Cl)c1. The summed E-state index contributed by atoms with van der Waals surface area (Å²) in [7, 11) is 0. The molecule has 1 aromatic carbocycles. The fourth-order valence-electron chi connectivity index (χ4n) is 1.00. The highest BCUT2D eigenvalue weighted by Crippen LogP contribution is 2.20. The molecule has 0 aliphatic rings. The lowest BCUT2D eigenvalue weighted by Crippen LogP contribution is -2.10. The summed E-state index contributed by atoms with van der Waals surface area (Å²) in [6.45, 7) is 0. The van der Waals surface area contributed by atoms with Crippen LogP contribution in [-0.4, -0.2) is 11.3 Å². The van der Waals surface area contributed by atoms with E-state index in [-0.39, 0.29) is 5.33 Å². The normalized spacial score (nSPS) is 11.5. The Hall–Kier alpha value is -1.05. The van der Waals surface area contributed by atoms with Gasteiger partial charge in [-0.2, -0.15) is 5.26 Å². The van der Waals surface area contributed by atoms with Crippen molar-refractivity contribution in [3.63, 3.8) is 0 Å². The highest BCUT2D eigenvalue weighted by atomic mass is 79.9. The van der Waals surface area contributed by atoms with E-state index in [1.165, 1.54) is 0 Å². The van der Waals surface area contributed by atoms with Crippen molar-refractivity contribution in [2.24, 2.45) is 0 Å². The number of esters is 1. The van der Waals surface area contributed by atoms with Gasteiger partial charge in [-0.05, 0) is 12.1 Å². The monoisotopic (exact) mass is 287 g/mol. The maximum Gasteiger partial charge on any atom is 0.318 e. The van der Waals surface area contributed by atoms with E-state index in [9.17, 15) is 4.79 Å². The van der Waals surface area contributed by atoms with Crippen LogP contribution in [0.1, 0.15) is 11.7 Å². The Kier molecular flexibility index (Phi) is 4.60. The Labute approximate surface area is 101 Å². The number of nitriles is 1. The van der Waals surface area contributed by atoms with Crippen LogP contribution < -0.4 is 0 Å². The van der Waals surface area contributed by atoms with E-state index in [0.29, 0.717) is 10.6 Å².